The Morgan fingerprint density at radius 2 is 1.65 bits per heavy atom. The molecule has 2 nitrogen and oxygen atoms in total. The van der Waals surface area contributed by atoms with Crippen molar-refractivity contribution in [3.8, 4) is 0 Å². The molecule has 0 amide bonds. The second-order valence-electron chi connectivity index (χ2n) is 4.47. The Kier molecular flexibility index (Phi) is 3.79. The summed E-state index contributed by atoms with van der Waals surface area (Å²) in [7, 11) is 0. The standard InChI is InChI=1S/C15H11Cl3N2/c16-9-5-10(17)7-11(6-9)19-8-14-15(18)12-3-1-2-4-13(12)20-14/h1-7,19-20H,8H2. The Bertz CT molecular complexity index is 745. The van der Waals surface area contributed by atoms with Crippen LogP contribution in [-0.2, 0) is 6.54 Å². The molecule has 3 rings (SSSR count). The lowest BCUT2D eigenvalue weighted by molar-refractivity contribution is 1.09. The Labute approximate surface area is 131 Å². The predicted molar refractivity (Wildman–Crippen MR) is 87.1 cm³/mol. The van der Waals surface area contributed by atoms with Crippen molar-refractivity contribution < 1.29 is 0 Å². The quantitative estimate of drug-likeness (QED) is 0.631. The van der Waals surface area contributed by atoms with Gasteiger partial charge in [-0.3, -0.25) is 0 Å². The summed E-state index contributed by atoms with van der Waals surface area (Å²) in [4.78, 5) is 3.30. The molecule has 0 saturated heterocycles. The summed E-state index contributed by atoms with van der Waals surface area (Å²) in [5, 5.41) is 6.22. The zero-order chi connectivity index (χ0) is 14.1. The Balaban J connectivity index is 1.84. The van der Waals surface area contributed by atoms with Gasteiger partial charge in [-0.25, -0.2) is 0 Å². The number of aromatic amines is 1. The highest BCUT2D eigenvalue weighted by molar-refractivity contribution is 6.36. The summed E-state index contributed by atoms with van der Waals surface area (Å²) in [6, 6.07) is 13.3. The molecular weight excluding hydrogens is 315 g/mol. The first-order valence-corrected chi connectivity index (χ1v) is 7.22. The third kappa shape index (κ3) is 2.73. The fraction of sp³-hybridized carbons (Fsp3) is 0.0667. The molecule has 0 bridgehead atoms. The number of hydrogen-bond acceptors (Lipinski definition) is 1. The van der Waals surface area contributed by atoms with E-state index in [2.05, 4.69) is 10.3 Å². The van der Waals surface area contributed by atoms with Crippen molar-refractivity contribution in [3.05, 3.63) is 63.2 Å². The van der Waals surface area contributed by atoms with Crippen LogP contribution in [0.3, 0.4) is 0 Å². The molecule has 0 unspecified atom stereocenters. The van der Waals surface area contributed by atoms with Crippen molar-refractivity contribution in [3.63, 3.8) is 0 Å². The monoisotopic (exact) mass is 324 g/mol. The number of benzene rings is 2. The summed E-state index contributed by atoms with van der Waals surface area (Å²) in [6.07, 6.45) is 0. The van der Waals surface area contributed by atoms with E-state index in [9.17, 15) is 0 Å². The minimum atomic E-state index is 0.574. The van der Waals surface area contributed by atoms with Crippen molar-refractivity contribution in [1.29, 1.82) is 0 Å². The van der Waals surface area contributed by atoms with Gasteiger partial charge in [0.2, 0.25) is 0 Å². The van der Waals surface area contributed by atoms with Crippen LogP contribution in [0.2, 0.25) is 15.1 Å². The summed E-state index contributed by atoms with van der Waals surface area (Å²) in [5.41, 5.74) is 2.82. The fourth-order valence-corrected chi connectivity index (χ4v) is 2.94. The van der Waals surface area contributed by atoms with Gasteiger partial charge in [-0.15, -0.1) is 0 Å². The van der Waals surface area contributed by atoms with Crippen LogP contribution in [0.5, 0.6) is 0 Å². The summed E-state index contributed by atoms with van der Waals surface area (Å²) >= 11 is 18.3. The van der Waals surface area contributed by atoms with Gasteiger partial charge in [0.1, 0.15) is 0 Å². The highest BCUT2D eigenvalue weighted by Crippen LogP contribution is 2.28. The highest BCUT2D eigenvalue weighted by Gasteiger charge is 2.08. The van der Waals surface area contributed by atoms with E-state index in [1.807, 2.05) is 36.4 Å². The number of fused-ring (bicyclic) bond motifs is 1. The van der Waals surface area contributed by atoms with Crippen LogP contribution in [-0.4, -0.2) is 4.98 Å². The third-order valence-electron chi connectivity index (χ3n) is 3.05. The summed E-state index contributed by atoms with van der Waals surface area (Å²) in [5.74, 6) is 0. The smallest absolute Gasteiger partial charge is 0.0710 e. The number of nitrogens with one attached hydrogen (secondary N) is 2. The number of hydrogen-bond donors (Lipinski definition) is 2. The zero-order valence-corrected chi connectivity index (χ0v) is 12.7. The van der Waals surface area contributed by atoms with Gasteiger partial charge < -0.3 is 10.3 Å². The normalized spacial score (nSPS) is 10.9. The maximum atomic E-state index is 6.36. The first-order valence-electron chi connectivity index (χ1n) is 6.08. The van der Waals surface area contributed by atoms with E-state index in [1.165, 1.54) is 0 Å². The molecule has 0 atom stereocenters. The lowest BCUT2D eigenvalue weighted by atomic mass is 10.2. The van der Waals surface area contributed by atoms with E-state index in [4.69, 9.17) is 34.8 Å². The van der Waals surface area contributed by atoms with Crippen molar-refractivity contribution in [2.24, 2.45) is 0 Å². The number of rotatable bonds is 3. The number of anilines is 1. The molecule has 0 aliphatic rings. The van der Waals surface area contributed by atoms with E-state index in [1.54, 1.807) is 6.07 Å². The second kappa shape index (κ2) is 5.57. The van der Waals surface area contributed by atoms with Gasteiger partial charge in [-0.05, 0) is 24.3 Å². The van der Waals surface area contributed by atoms with Crippen LogP contribution >= 0.6 is 34.8 Å². The van der Waals surface area contributed by atoms with Crippen molar-refractivity contribution >= 4 is 51.4 Å². The molecule has 1 aromatic heterocycles. The maximum Gasteiger partial charge on any atom is 0.0710 e. The topological polar surface area (TPSA) is 27.8 Å². The lowest BCUT2D eigenvalue weighted by Gasteiger charge is -2.06. The molecule has 0 fully saturated rings. The zero-order valence-electron chi connectivity index (χ0n) is 10.4. The minimum Gasteiger partial charge on any atom is -0.379 e. The molecule has 0 spiro atoms. The lowest BCUT2D eigenvalue weighted by Crippen LogP contribution is -2.00. The molecular formula is C15H11Cl3N2. The van der Waals surface area contributed by atoms with Crippen LogP contribution in [0, 0.1) is 0 Å². The Morgan fingerprint density at radius 1 is 0.950 bits per heavy atom. The van der Waals surface area contributed by atoms with Crippen LogP contribution in [0.1, 0.15) is 5.69 Å². The minimum absolute atomic E-state index is 0.574. The maximum absolute atomic E-state index is 6.36. The average Bonchev–Trinajstić information content (AvgIpc) is 2.73. The third-order valence-corrected chi connectivity index (χ3v) is 3.91. The second-order valence-corrected chi connectivity index (χ2v) is 5.73. The molecule has 2 N–H and O–H groups in total. The number of halogens is 3. The van der Waals surface area contributed by atoms with Crippen LogP contribution in [0.25, 0.3) is 10.9 Å². The summed E-state index contributed by atoms with van der Waals surface area (Å²) < 4.78 is 0. The molecule has 0 aliphatic carbocycles. The van der Waals surface area contributed by atoms with Gasteiger partial charge in [0.15, 0.2) is 0 Å². The van der Waals surface area contributed by atoms with E-state index < -0.39 is 0 Å². The molecule has 0 aliphatic heterocycles. The van der Waals surface area contributed by atoms with Gasteiger partial charge in [-0.2, -0.15) is 0 Å². The van der Waals surface area contributed by atoms with Crippen LogP contribution in [0.4, 0.5) is 5.69 Å². The highest BCUT2D eigenvalue weighted by atomic mass is 35.5. The molecule has 0 radical (unpaired) electrons. The first kappa shape index (κ1) is 13.6. The van der Waals surface area contributed by atoms with Gasteiger partial charge in [-0.1, -0.05) is 53.0 Å². The first-order chi connectivity index (χ1) is 9.63. The molecule has 1 heterocycles. The molecule has 2 aromatic carbocycles. The molecule has 102 valence electrons. The van der Waals surface area contributed by atoms with Crippen LogP contribution in [0.15, 0.2) is 42.5 Å². The molecule has 5 heteroatoms. The Morgan fingerprint density at radius 3 is 2.35 bits per heavy atom. The Hall–Kier alpha value is -1.35. The summed E-state index contributed by atoms with van der Waals surface area (Å²) in [6.45, 7) is 0.574. The van der Waals surface area contributed by atoms with Gasteiger partial charge in [0, 0.05) is 26.6 Å². The van der Waals surface area contributed by atoms with E-state index in [-0.39, 0.29) is 0 Å². The van der Waals surface area contributed by atoms with Crippen molar-refractivity contribution in [2.45, 2.75) is 6.54 Å². The van der Waals surface area contributed by atoms with Crippen molar-refractivity contribution in [1.82, 2.24) is 4.98 Å². The van der Waals surface area contributed by atoms with Gasteiger partial charge >= 0.3 is 0 Å². The van der Waals surface area contributed by atoms with E-state index in [0.29, 0.717) is 16.6 Å². The van der Waals surface area contributed by atoms with E-state index >= 15 is 0 Å². The molecule has 0 saturated carbocycles. The SMILES string of the molecule is Clc1cc(Cl)cc(NCc2[nH]c3ccccc3c2Cl)c1. The van der Waals surface area contributed by atoms with E-state index in [0.717, 1.165) is 27.3 Å². The van der Waals surface area contributed by atoms with Crippen molar-refractivity contribution in [2.75, 3.05) is 5.32 Å². The number of para-hydroxylation sites is 1. The van der Waals surface area contributed by atoms with Gasteiger partial charge in [0.05, 0.1) is 17.3 Å². The molecule has 3 aromatic rings. The number of aromatic nitrogens is 1. The molecule has 20 heavy (non-hydrogen) atoms. The average molecular weight is 326 g/mol. The van der Waals surface area contributed by atoms with Crippen LogP contribution < -0.4 is 5.32 Å². The largest absolute Gasteiger partial charge is 0.379 e. The predicted octanol–water partition coefficient (Wildman–Crippen LogP) is 5.74. The number of H-pyrrole nitrogens is 1. The fourth-order valence-electron chi connectivity index (χ4n) is 2.13. The van der Waals surface area contributed by atoms with Gasteiger partial charge in [0.25, 0.3) is 0 Å².